The van der Waals surface area contributed by atoms with Crippen LogP contribution in [-0.2, 0) is 0 Å². The van der Waals surface area contributed by atoms with Crippen LogP contribution >= 0.6 is 0 Å². The van der Waals surface area contributed by atoms with Crippen molar-refractivity contribution in [2.75, 3.05) is 6.54 Å². The van der Waals surface area contributed by atoms with Crippen molar-refractivity contribution in [2.45, 2.75) is 13.8 Å². The molecule has 0 saturated heterocycles. The summed E-state index contributed by atoms with van der Waals surface area (Å²) in [6, 6.07) is 0. The second kappa shape index (κ2) is 4.65. The highest BCUT2D eigenvalue weighted by molar-refractivity contribution is 5.36. The van der Waals surface area contributed by atoms with Gasteiger partial charge in [-0.3, -0.25) is 4.99 Å². The first-order valence-corrected chi connectivity index (χ1v) is 4.50. The summed E-state index contributed by atoms with van der Waals surface area (Å²) in [4.78, 5) is 3.80. The van der Waals surface area contributed by atoms with Crippen molar-refractivity contribution in [1.82, 2.24) is 5.32 Å². The number of nitrogens with one attached hydrogen (secondary N) is 1. The Kier molecular flexibility index (Phi) is 3.50. The Hall–Kier alpha value is -1.31. The quantitative estimate of drug-likeness (QED) is 0.655. The Morgan fingerprint density at radius 2 is 2.46 bits per heavy atom. The molecule has 1 N–H and O–H groups in total. The fourth-order valence-corrected chi connectivity index (χ4v) is 1.17. The molecule has 0 aromatic rings. The zero-order valence-corrected chi connectivity index (χ0v) is 8.25. The average Bonchev–Trinajstić information content (AvgIpc) is 2.56. The maximum Gasteiger partial charge on any atom is 0.0395 e. The lowest BCUT2D eigenvalue weighted by atomic mass is 10.0. The van der Waals surface area contributed by atoms with Gasteiger partial charge in [0.2, 0.25) is 0 Å². The van der Waals surface area contributed by atoms with E-state index in [4.69, 9.17) is 0 Å². The summed E-state index contributed by atoms with van der Waals surface area (Å²) < 4.78 is 0. The van der Waals surface area contributed by atoms with Gasteiger partial charge < -0.3 is 5.32 Å². The number of hydrogen-bond acceptors (Lipinski definition) is 2. The summed E-state index contributed by atoms with van der Waals surface area (Å²) in [7, 11) is 0. The van der Waals surface area contributed by atoms with E-state index in [0.29, 0.717) is 5.92 Å². The molecular weight excluding hydrogens is 160 g/mol. The highest BCUT2D eigenvalue weighted by atomic mass is 14.8. The fraction of sp³-hybridized carbons (Fsp3) is 0.364. The topological polar surface area (TPSA) is 24.4 Å². The first-order valence-electron chi connectivity index (χ1n) is 4.50. The molecule has 0 fully saturated rings. The molecule has 0 spiro atoms. The van der Waals surface area contributed by atoms with Crippen molar-refractivity contribution >= 4 is 6.72 Å². The molecule has 0 saturated carbocycles. The van der Waals surface area contributed by atoms with Gasteiger partial charge in [0.05, 0.1) is 0 Å². The van der Waals surface area contributed by atoms with E-state index < -0.39 is 0 Å². The van der Waals surface area contributed by atoms with Crippen LogP contribution in [-0.4, -0.2) is 13.3 Å². The van der Waals surface area contributed by atoms with Gasteiger partial charge in [-0.15, -0.1) is 0 Å². The maximum atomic E-state index is 3.80. The molecule has 1 heterocycles. The first kappa shape index (κ1) is 9.78. The fourth-order valence-electron chi connectivity index (χ4n) is 1.17. The molecule has 0 amide bonds. The minimum absolute atomic E-state index is 0.493. The standard InChI is InChI=1S/C11H16N2/c1-9(2)11(8-12-3)6-10-4-5-13-7-10/h4-6,8-9,13H,3,7H2,1-2H3/b10-6-,11-8+. The number of rotatable bonds is 3. The number of hydrogen-bond donors (Lipinski definition) is 1. The largest absolute Gasteiger partial charge is 0.387 e. The van der Waals surface area contributed by atoms with Gasteiger partial charge in [-0.25, -0.2) is 0 Å². The number of aliphatic imine (C=N–C) groups is 1. The molecule has 70 valence electrons. The summed E-state index contributed by atoms with van der Waals surface area (Å²) in [6.45, 7) is 8.69. The van der Waals surface area contributed by atoms with Gasteiger partial charge in [0.15, 0.2) is 0 Å². The Morgan fingerprint density at radius 1 is 1.69 bits per heavy atom. The van der Waals surface area contributed by atoms with Crippen LogP contribution in [0.15, 0.2) is 40.7 Å². The van der Waals surface area contributed by atoms with Crippen LogP contribution in [0, 0.1) is 5.92 Å². The zero-order chi connectivity index (χ0) is 9.68. The Bertz CT molecular complexity index is 270. The van der Waals surface area contributed by atoms with Crippen LogP contribution in [0.25, 0.3) is 0 Å². The van der Waals surface area contributed by atoms with Crippen molar-refractivity contribution in [2.24, 2.45) is 10.9 Å². The third-order valence-electron chi connectivity index (χ3n) is 1.98. The highest BCUT2D eigenvalue weighted by Gasteiger charge is 2.03. The third kappa shape index (κ3) is 2.90. The molecule has 2 nitrogen and oxygen atoms in total. The van der Waals surface area contributed by atoms with E-state index in [1.165, 1.54) is 11.1 Å². The van der Waals surface area contributed by atoms with Crippen LogP contribution in [0.2, 0.25) is 0 Å². The molecule has 0 unspecified atom stereocenters. The Morgan fingerprint density at radius 3 is 2.92 bits per heavy atom. The first-order chi connectivity index (χ1) is 6.24. The van der Waals surface area contributed by atoms with Gasteiger partial charge in [-0.05, 0) is 36.1 Å². The molecule has 1 aliphatic rings. The summed E-state index contributed by atoms with van der Waals surface area (Å²) in [5, 5.41) is 3.14. The van der Waals surface area contributed by atoms with Gasteiger partial charge in [0.1, 0.15) is 0 Å². The van der Waals surface area contributed by atoms with Crippen molar-refractivity contribution in [3.8, 4) is 0 Å². The van der Waals surface area contributed by atoms with E-state index in [2.05, 4.69) is 43.0 Å². The maximum absolute atomic E-state index is 3.80. The monoisotopic (exact) mass is 176 g/mol. The van der Waals surface area contributed by atoms with Gasteiger partial charge in [-0.2, -0.15) is 0 Å². The lowest BCUT2D eigenvalue weighted by Crippen LogP contribution is -2.01. The van der Waals surface area contributed by atoms with Crippen molar-refractivity contribution in [3.05, 3.63) is 35.7 Å². The molecule has 0 radical (unpaired) electrons. The predicted octanol–water partition coefficient (Wildman–Crippen LogP) is 2.27. The van der Waals surface area contributed by atoms with E-state index in [0.717, 1.165) is 6.54 Å². The normalized spacial score (nSPS) is 19.6. The third-order valence-corrected chi connectivity index (χ3v) is 1.98. The molecule has 13 heavy (non-hydrogen) atoms. The summed E-state index contributed by atoms with van der Waals surface area (Å²) in [5.74, 6) is 0.493. The van der Waals surface area contributed by atoms with E-state index >= 15 is 0 Å². The molecule has 0 aliphatic carbocycles. The second-order valence-corrected chi connectivity index (χ2v) is 3.40. The minimum Gasteiger partial charge on any atom is -0.387 e. The Balaban J connectivity index is 2.77. The van der Waals surface area contributed by atoms with Crippen LogP contribution in [0.3, 0.4) is 0 Å². The molecule has 2 heteroatoms. The molecular formula is C11H16N2. The van der Waals surface area contributed by atoms with Gasteiger partial charge in [0.25, 0.3) is 0 Å². The SMILES string of the molecule is C=N/C=C(\C=C1\C=CNC1)C(C)C. The van der Waals surface area contributed by atoms with Gasteiger partial charge in [0, 0.05) is 12.7 Å². The van der Waals surface area contributed by atoms with E-state index in [1.807, 2.05) is 12.4 Å². The highest BCUT2D eigenvalue weighted by Crippen LogP contribution is 2.15. The lowest BCUT2D eigenvalue weighted by molar-refractivity contribution is 0.786. The number of nitrogens with zero attached hydrogens (tertiary/aromatic N) is 1. The van der Waals surface area contributed by atoms with Crippen molar-refractivity contribution < 1.29 is 0 Å². The summed E-state index contributed by atoms with van der Waals surface area (Å²) in [5.41, 5.74) is 2.52. The molecule has 0 atom stereocenters. The second-order valence-electron chi connectivity index (χ2n) is 3.40. The van der Waals surface area contributed by atoms with E-state index in [1.54, 1.807) is 0 Å². The molecule has 1 aliphatic heterocycles. The van der Waals surface area contributed by atoms with Crippen LogP contribution in [0.5, 0.6) is 0 Å². The average molecular weight is 176 g/mol. The van der Waals surface area contributed by atoms with Crippen LogP contribution < -0.4 is 5.32 Å². The molecule has 0 aromatic carbocycles. The molecule has 0 aromatic heterocycles. The molecule has 0 bridgehead atoms. The van der Waals surface area contributed by atoms with Crippen LogP contribution in [0.1, 0.15) is 13.8 Å². The van der Waals surface area contributed by atoms with Crippen molar-refractivity contribution in [3.63, 3.8) is 0 Å². The van der Waals surface area contributed by atoms with Crippen LogP contribution in [0.4, 0.5) is 0 Å². The lowest BCUT2D eigenvalue weighted by Gasteiger charge is -2.05. The van der Waals surface area contributed by atoms with Gasteiger partial charge >= 0.3 is 0 Å². The van der Waals surface area contributed by atoms with E-state index in [9.17, 15) is 0 Å². The number of allylic oxidation sites excluding steroid dienone is 2. The van der Waals surface area contributed by atoms with E-state index in [-0.39, 0.29) is 0 Å². The summed E-state index contributed by atoms with van der Waals surface area (Å²) >= 11 is 0. The summed E-state index contributed by atoms with van der Waals surface area (Å²) in [6.07, 6.45) is 8.03. The smallest absolute Gasteiger partial charge is 0.0395 e. The van der Waals surface area contributed by atoms with Crippen molar-refractivity contribution in [1.29, 1.82) is 0 Å². The predicted molar refractivity (Wildman–Crippen MR) is 57.7 cm³/mol. The Labute approximate surface area is 79.8 Å². The minimum atomic E-state index is 0.493. The molecule has 1 rings (SSSR count). The zero-order valence-electron chi connectivity index (χ0n) is 8.25. The van der Waals surface area contributed by atoms with Gasteiger partial charge in [-0.1, -0.05) is 19.9 Å².